The van der Waals surface area contributed by atoms with Crippen molar-refractivity contribution >= 4 is 17.5 Å². The minimum Gasteiger partial charge on any atom is -0.294 e. The van der Waals surface area contributed by atoms with Crippen LogP contribution in [0, 0.1) is 6.92 Å². The van der Waals surface area contributed by atoms with E-state index >= 15 is 0 Å². The third-order valence-corrected chi connectivity index (χ3v) is 3.38. The van der Waals surface area contributed by atoms with Crippen molar-refractivity contribution in [3.8, 4) is 0 Å². The number of hydrogen-bond donors (Lipinski definition) is 0. The number of benzene rings is 1. The van der Waals surface area contributed by atoms with Gasteiger partial charge in [-0.3, -0.25) is 4.79 Å². The highest BCUT2D eigenvalue weighted by molar-refractivity contribution is 7.99. The third-order valence-electron chi connectivity index (χ3n) is 2.24. The van der Waals surface area contributed by atoms with Gasteiger partial charge in [-0.1, -0.05) is 12.1 Å². The molecule has 2 heteroatoms. The van der Waals surface area contributed by atoms with E-state index < -0.39 is 0 Å². The molecule has 1 aromatic carbocycles. The zero-order chi connectivity index (χ0) is 9.26. The maximum Gasteiger partial charge on any atom is 0.164 e. The second-order valence-corrected chi connectivity index (χ2v) is 4.51. The number of thioether (sulfide) groups is 1. The van der Waals surface area contributed by atoms with Gasteiger partial charge in [-0.15, -0.1) is 11.8 Å². The topological polar surface area (TPSA) is 17.1 Å². The van der Waals surface area contributed by atoms with Crippen molar-refractivity contribution in [1.29, 1.82) is 0 Å². The molecule has 0 spiro atoms. The van der Waals surface area contributed by atoms with Gasteiger partial charge in [0.1, 0.15) is 0 Å². The molecule has 0 N–H and O–H groups in total. The lowest BCUT2D eigenvalue weighted by Crippen LogP contribution is -1.98. The van der Waals surface area contributed by atoms with Gasteiger partial charge in [0.05, 0.1) is 0 Å². The van der Waals surface area contributed by atoms with Crippen LogP contribution in [0.5, 0.6) is 0 Å². The number of carbonyl (C=O) groups is 1. The Morgan fingerprint density at radius 2 is 2.23 bits per heavy atom. The fraction of sp³-hybridized carbons (Fsp3) is 0.364. The number of Topliss-reactive ketones (excluding diaryl/α,β-unsaturated/α-hetero) is 1. The molecule has 68 valence electrons. The van der Waals surface area contributed by atoms with Gasteiger partial charge in [0.25, 0.3) is 0 Å². The Labute approximate surface area is 82.5 Å². The predicted molar refractivity (Wildman–Crippen MR) is 55.5 cm³/mol. The summed E-state index contributed by atoms with van der Waals surface area (Å²) in [5.41, 5.74) is 2.16. The lowest BCUT2D eigenvalue weighted by molar-refractivity contribution is 0.0980. The summed E-state index contributed by atoms with van der Waals surface area (Å²) in [6.07, 6.45) is 1.72. The van der Waals surface area contributed by atoms with Gasteiger partial charge in [0.15, 0.2) is 5.78 Å². The number of fused-ring (bicyclic) bond motifs is 1. The first-order valence-corrected chi connectivity index (χ1v) is 5.52. The highest BCUT2D eigenvalue weighted by Gasteiger charge is 2.15. The average Bonchev–Trinajstić information content (AvgIpc) is 2.28. The minimum absolute atomic E-state index is 0.306. The highest BCUT2D eigenvalue weighted by atomic mass is 32.2. The van der Waals surface area contributed by atoms with Crippen molar-refractivity contribution in [2.45, 2.75) is 24.7 Å². The van der Waals surface area contributed by atoms with E-state index in [9.17, 15) is 4.79 Å². The van der Waals surface area contributed by atoms with E-state index in [1.807, 2.05) is 12.1 Å². The van der Waals surface area contributed by atoms with Crippen molar-refractivity contribution in [1.82, 2.24) is 0 Å². The molecule has 1 heterocycles. The van der Waals surface area contributed by atoms with Crippen LogP contribution < -0.4 is 0 Å². The molecule has 2 rings (SSSR count). The molecule has 0 amide bonds. The zero-order valence-corrected chi connectivity index (χ0v) is 8.49. The van der Waals surface area contributed by atoms with Gasteiger partial charge in [0.2, 0.25) is 0 Å². The molecule has 0 bridgehead atoms. The number of rotatable bonds is 0. The predicted octanol–water partition coefficient (Wildman–Crippen LogP) is 3.06. The Balaban J connectivity index is 2.48. The maximum atomic E-state index is 11.6. The van der Waals surface area contributed by atoms with E-state index in [0.29, 0.717) is 12.2 Å². The van der Waals surface area contributed by atoms with Crippen molar-refractivity contribution in [3.05, 3.63) is 29.3 Å². The van der Waals surface area contributed by atoms with Crippen molar-refractivity contribution in [3.63, 3.8) is 0 Å². The summed E-state index contributed by atoms with van der Waals surface area (Å²) >= 11 is 1.81. The van der Waals surface area contributed by atoms with Crippen molar-refractivity contribution < 1.29 is 4.79 Å². The van der Waals surface area contributed by atoms with Crippen LogP contribution in [0.15, 0.2) is 23.1 Å². The summed E-state index contributed by atoms with van der Waals surface area (Å²) in [4.78, 5) is 12.8. The van der Waals surface area contributed by atoms with E-state index in [-0.39, 0.29) is 0 Å². The lowest BCUT2D eigenvalue weighted by Gasteiger charge is -2.03. The van der Waals surface area contributed by atoms with Crippen LogP contribution in [0.3, 0.4) is 0 Å². The Kier molecular flexibility index (Phi) is 2.40. The van der Waals surface area contributed by atoms with Gasteiger partial charge in [-0.2, -0.15) is 0 Å². The molecule has 0 saturated heterocycles. The van der Waals surface area contributed by atoms with Crippen LogP contribution in [-0.4, -0.2) is 11.5 Å². The molecule has 0 unspecified atom stereocenters. The van der Waals surface area contributed by atoms with Crippen LogP contribution >= 0.6 is 11.8 Å². The molecule has 0 saturated carbocycles. The van der Waals surface area contributed by atoms with Crippen molar-refractivity contribution in [2.75, 3.05) is 5.75 Å². The molecule has 0 atom stereocenters. The highest BCUT2D eigenvalue weighted by Crippen LogP contribution is 2.29. The summed E-state index contributed by atoms with van der Waals surface area (Å²) in [5, 5.41) is 0. The average molecular weight is 192 g/mol. The lowest BCUT2D eigenvalue weighted by atomic mass is 10.1. The molecule has 0 aromatic heterocycles. The molecule has 13 heavy (non-hydrogen) atoms. The second kappa shape index (κ2) is 3.54. The smallest absolute Gasteiger partial charge is 0.164 e. The summed E-state index contributed by atoms with van der Waals surface area (Å²) in [6, 6.07) is 6.09. The largest absolute Gasteiger partial charge is 0.294 e. The fourth-order valence-corrected chi connectivity index (χ4v) is 2.64. The number of carbonyl (C=O) groups excluding carboxylic acids is 1. The first kappa shape index (κ1) is 8.82. The van der Waals surface area contributed by atoms with Gasteiger partial charge >= 0.3 is 0 Å². The standard InChI is InChI=1S/C11H12OS/c1-8-4-5-9-10(12)3-2-6-13-11(9)7-8/h4-5,7H,2-3,6H2,1H3. The van der Waals surface area contributed by atoms with Crippen LogP contribution in [0.4, 0.5) is 0 Å². The zero-order valence-electron chi connectivity index (χ0n) is 7.67. The van der Waals surface area contributed by atoms with Crippen LogP contribution in [0.25, 0.3) is 0 Å². The van der Waals surface area contributed by atoms with Crippen LogP contribution in [0.1, 0.15) is 28.8 Å². The third kappa shape index (κ3) is 1.78. The number of hydrogen-bond acceptors (Lipinski definition) is 2. The van der Waals surface area contributed by atoms with Crippen LogP contribution in [-0.2, 0) is 0 Å². The summed E-state index contributed by atoms with van der Waals surface area (Å²) in [7, 11) is 0. The molecule has 0 radical (unpaired) electrons. The molecular weight excluding hydrogens is 180 g/mol. The monoisotopic (exact) mass is 192 g/mol. The molecule has 1 aromatic rings. The van der Waals surface area contributed by atoms with Gasteiger partial charge < -0.3 is 0 Å². The normalized spacial score (nSPS) is 16.5. The quantitative estimate of drug-likeness (QED) is 0.628. The SMILES string of the molecule is Cc1ccc2c(c1)SCCCC2=O. The fourth-order valence-electron chi connectivity index (χ4n) is 1.53. The van der Waals surface area contributed by atoms with Gasteiger partial charge in [0, 0.05) is 16.9 Å². The molecule has 0 fully saturated rings. The summed E-state index contributed by atoms with van der Waals surface area (Å²) in [5.74, 6) is 1.38. The Hall–Kier alpha value is -0.760. The van der Waals surface area contributed by atoms with E-state index in [4.69, 9.17) is 0 Å². The maximum absolute atomic E-state index is 11.6. The first-order valence-electron chi connectivity index (χ1n) is 4.54. The molecule has 1 nitrogen and oxygen atoms in total. The number of ketones is 1. The molecule has 1 aliphatic heterocycles. The summed E-state index contributed by atoms with van der Waals surface area (Å²) in [6.45, 7) is 2.07. The van der Waals surface area contributed by atoms with E-state index in [0.717, 1.165) is 17.7 Å². The molecular formula is C11H12OS. The second-order valence-electron chi connectivity index (χ2n) is 3.37. The van der Waals surface area contributed by atoms with E-state index in [1.54, 1.807) is 11.8 Å². The minimum atomic E-state index is 0.306. The van der Waals surface area contributed by atoms with Gasteiger partial charge in [-0.25, -0.2) is 0 Å². The Morgan fingerprint density at radius 3 is 3.08 bits per heavy atom. The summed E-state index contributed by atoms with van der Waals surface area (Å²) < 4.78 is 0. The van der Waals surface area contributed by atoms with Crippen molar-refractivity contribution in [2.24, 2.45) is 0 Å². The molecule has 0 aliphatic carbocycles. The molecule has 1 aliphatic rings. The Morgan fingerprint density at radius 1 is 1.38 bits per heavy atom. The van der Waals surface area contributed by atoms with E-state index in [2.05, 4.69) is 13.0 Å². The van der Waals surface area contributed by atoms with E-state index in [1.165, 1.54) is 10.5 Å². The van der Waals surface area contributed by atoms with Crippen LogP contribution in [0.2, 0.25) is 0 Å². The van der Waals surface area contributed by atoms with Gasteiger partial charge in [-0.05, 0) is 30.7 Å². The number of aryl methyl sites for hydroxylation is 1. The first-order chi connectivity index (χ1) is 6.27. The Bertz CT molecular complexity index is 344.